The lowest BCUT2D eigenvalue weighted by molar-refractivity contribution is -0.126. The Morgan fingerprint density at radius 3 is 2.92 bits per heavy atom. The molecule has 1 aliphatic rings. The molecule has 0 saturated heterocycles. The van der Waals surface area contributed by atoms with Gasteiger partial charge in [0.15, 0.2) is 5.82 Å². The molecule has 0 spiro atoms. The minimum absolute atomic E-state index is 0.0927. The molecular weight excluding hydrogens is 304 g/mol. The van der Waals surface area contributed by atoms with E-state index in [0.717, 1.165) is 17.1 Å². The van der Waals surface area contributed by atoms with Gasteiger partial charge in [0.05, 0.1) is 12.8 Å². The summed E-state index contributed by atoms with van der Waals surface area (Å²) in [6.45, 7) is 4.50. The van der Waals surface area contributed by atoms with Gasteiger partial charge in [-0.05, 0) is 32.1 Å². The van der Waals surface area contributed by atoms with Gasteiger partial charge in [-0.25, -0.2) is 0 Å². The predicted octanol–water partition coefficient (Wildman–Crippen LogP) is 2.81. The van der Waals surface area contributed by atoms with Crippen LogP contribution in [0.1, 0.15) is 31.3 Å². The molecule has 124 valence electrons. The lowest BCUT2D eigenvalue weighted by Gasteiger charge is -2.18. The molecular formula is C18H20N4O2. The summed E-state index contributed by atoms with van der Waals surface area (Å²) in [6, 6.07) is 7.86. The van der Waals surface area contributed by atoms with Gasteiger partial charge in [-0.2, -0.15) is 0 Å². The maximum absolute atomic E-state index is 12.8. The minimum Gasteiger partial charge on any atom is -0.464 e. The Bertz CT molecular complexity index is 805. The van der Waals surface area contributed by atoms with Gasteiger partial charge < -0.3 is 14.2 Å². The first-order chi connectivity index (χ1) is 11.6. The number of ether oxygens (including phenoxy) is 1. The summed E-state index contributed by atoms with van der Waals surface area (Å²) in [5.74, 6) is 1.40. The van der Waals surface area contributed by atoms with Gasteiger partial charge in [0.25, 0.3) is 5.91 Å². The van der Waals surface area contributed by atoms with Gasteiger partial charge in [-0.3, -0.25) is 4.79 Å². The number of nitrogens with zero attached hydrogens (tertiary/aromatic N) is 4. The first kappa shape index (κ1) is 16.0. The van der Waals surface area contributed by atoms with Crippen molar-refractivity contribution >= 4 is 12.0 Å². The summed E-state index contributed by atoms with van der Waals surface area (Å²) in [4.78, 5) is 14.4. The third kappa shape index (κ3) is 3.22. The molecule has 0 bridgehead atoms. The number of rotatable bonds is 4. The number of benzene rings is 1. The number of carbonyl (C=O) groups excluding carboxylic acids is 1. The molecule has 0 fully saturated rings. The maximum atomic E-state index is 12.8. The molecule has 2 heterocycles. The molecule has 0 unspecified atom stereocenters. The van der Waals surface area contributed by atoms with Crippen LogP contribution in [-0.4, -0.2) is 32.6 Å². The van der Waals surface area contributed by atoms with Crippen LogP contribution in [0.3, 0.4) is 0 Å². The van der Waals surface area contributed by atoms with Gasteiger partial charge >= 0.3 is 0 Å². The van der Waals surface area contributed by atoms with Crippen LogP contribution in [0.5, 0.6) is 5.75 Å². The average molecular weight is 324 g/mol. The molecule has 1 aromatic carbocycles. The third-order valence-electron chi connectivity index (χ3n) is 3.85. The second kappa shape index (κ2) is 6.70. The summed E-state index contributed by atoms with van der Waals surface area (Å²) < 4.78 is 7.49. The zero-order valence-corrected chi connectivity index (χ0v) is 14.0. The van der Waals surface area contributed by atoms with Crippen molar-refractivity contribution in [2.24, 2.45) is 0 Å². The average Bonchev–Trinajstić information content (AvgIpc) is 2.92. The van der Waals surface area contributed by atoms with Crippen molar-refractivity contribution in [1.29, 1.82) is 0 Å². The van der Waals surface area contributed by atoms with Gasteiger partial charge in [0.1, 0.15) is 12.1 Å². The van der Waals surface area contributed by atoms with Crippen LogP contribution in [0.25, 0.3) is 6.08 Å². The zero-order chi connectivity index (χ0) is 17.1. The van der Waals surface area contributed by atoms with Crippen LogP contribution < -0.4 is 4.74 Å². The monoisotopic (exact) mass is 324 g/mol. The number of hydrogen-bond acceptors (Lipinski definition) is 4. The van der Waals surface area contributed by atoms with E-state index in [-0.39, 0.29) is 11.9 Å². The van der Waals surface area contributed by atoms with Gasteiger partial charge in [0, 0.05) is 24.2 Å². The van der Waals surface area contributed by atoms with Crippen LogP contribution in [-0.2, 0) is 11.3 Å². The first-order valence-corrected chi connectivity index (χ1v) is 7.84. The zero-order valence-electron chi connectivity index (χ0n) is 14.0. The van der Waals surface area contributed by atoms with E-state index in [0.29, 0.717) is 12.1 Å². The summed E-state index contributed by atoms with van der Waals surface area (Å²) >= 11 is 0. The largest absolute Gasteiger partial charge is 0.464 e. The number of amides is 1. The van der Waals surface area contributed by atoms with Gasteiger partial charge in [-0.1, -0.05) is 18.2 Å². The van der Waals surface area contributed by atoms with Crippen LogP contribution >= 0.6 is 0 Å². The number of aromatic nitrogens is 3. The van der Waals surface area contributed by atoms with Crippen LogP contribution in [0.15, 0.2) is 48.5 Å². The number of hydrogen-bond donors (Lipinski definition) is 0. The topological polar surface area (TPSA) is 60.2 Å². The number of likely N-dealkylation sites (N-methyl/N-ethyl adjacent to an activating group) is 1. The molecule has 1 aromatic heterocycles. The summed E-state index contributed by atoms with van der Waals surface area (Å²) in [5, 5.41) is 8.06. The normalized spacial score (nSPS) is 13.1. The Morgan fingerprint density at radius 2 is 2.12 bits per heavy atom. The Hall–Kier alpha value is -2.89. The Kier molecular flexibility index (Phi) is 4.46. The van der Waals surface area contributed by atoms with E-state index >= 15 is 0 Å². The molecule has 0 radical (unpaired) electrons. The highest BCUT2D eigenvalue weighted by molar-refractivity contribution is 6.00. The van der Waals surface area contributed by atoms with Crippen molar-refractivity contribution in [2.75, 3.05) is 7.05 Å². The van der Waals surface area contributed by atoms with Crippen molar-refractivity contribution in [2.45, 2.75) is 26.4 Å². The molecule has 24 heavy (non-hydrogen) atoms. The van der Waals surface area contributed by atoms with E-state index in [1.807, 2.05) is 34.9 Å². The summed E-state index contributed by atoms with van der Waals surface area (Å²) in [5.41, 5.74) is 1.45. The molecule has 2 aromatic rings. The Morgan fingerprint density at radius 1 is 1.33 bits per heavy atom. The molecule has 0 saturated carbocycles. The van der Waals surface area contributed by atoms with Crippen molar-refractivity contribution in [3.63, 3.8) is 0 Å². The highest BCUT2D eigenvalue weighted by Crippen LogP contribution is 2.25. The predicted molar refractivity (Wildman–Crippen MR) is 91.1 cm³/mol. The van der Waals surface area contributed by atoms with Crippen molar-refractivity contribution in [1.82, 2.24) is 19.7 Å². The fourth-order valence-corrected chi connectivity index (χ4v) is 2.55. The lowest BCUT2D eigenvalue weighted by Crippen LogP contribution is -2.28. The van der Waals surface area contributed by atoms with Crippen molar-refractivity contribution in [3.8, 4) is 5.75 Å². The lowest BCUT2D eigenvalue weighted by atomic mass is 10.1. The number of fused-ring (bicyclic) bond motifs is 1. The SMILES string of the molecule is CC(C)n1cnnc1CN(C)C(=O)C1=Cc2ccccc2OC=C1. The van der Waals surface area contributed by atoms with E-state index in [1.165, 1.54) is 0 Å². The molecule has 6 heteroatoms. The molecule has 1 amide bonds. The highest BCUT2D eigenvalue weighted by atomic mass is 16.5. The quantitative estimate of drug-likeness (QED) is 0.868. The molecule has 0 atom stereocenters. The van der Waals surface area contributed by atoms with E-state index < -0.39 is 0 Å². The summed E-state index contributed by atoms with van der Waals surface area (Å²) in [6.07, 6.45) is 6.75. The molecule has 0 N–H and O–H groups in total. The number of para-hydroxylation sites is 1. The summed E-state index contributed by atoms with van der Waals surface area (Å²) in [7, 11) is 1.76. The smallest absolute Gasteiger partial charge is 0.254 e. The molecule has 0 aliphatic carbocycles. The fraction of sp³-hybridized carbons (Fsp3) is 0.278. The molecule has 6 nitrogen and oxygen atoms in total. The standard InChI is InChI=1S/C18H20N4O2/c1-13(2)22-12-19-20-17(22)11-21(3)18(23)15-8-9-24-16-7-5-4-6-14(16)10-15/h4-10,12-13H,11H2,1-3H3. The van der Waals surface area contributed by atoms with Crippen LogP contribution in [0.2, 0.25) is 0 Å². The first-order valence-electron chi connectivity index (χ1n) is 7.84. The maximum Gasteiger partial charge on any atom is 0.254 e. The van der Waals surface area contributed by atoms with Gasteiger partial charge in [0.2, 0.25) is 0 Å². The van der Waals surface area contributed by atoms with Crippen LogP contribution in [0.4, 0.5) is 0 Å². The second-order valence-electron chi connectivity index (χ2n) is 5.97. The van der Waals surface area contributed by atoms with Gasteiger partial charge in [-0.15, -0.1) is 10.2 Å². The Balaban J connectivity index is 1.81. The van der Waals surface area contributed by atoms with E-state index in [9.17, 15) is 4.79 Å². The van der Waals surface area contributed by atoms with Crippen molar-refractivity contribution in [3.05, 3.63) is 59.9 Å². The second-order valence-corrected chi connectivity index (χ2v) is 5.97. The molecule has 3 rings (SSSR count). The van der Waals surface area contributed by atoms with E-state index in [1.54, 1.807) is 30.6 Å². The fourth-order valence-electron chi connectivity index (χ4n) is 2.55. The highest BCUT2D eigenvalue weighted by Gasteiger charge is 2.18. The third-order valence-corrected chi connectivity index (χ3v) is 3.85. The Labute approximate surface area is 141 Å². The van der Waals surface area contributed by atoms with E-state index in [4.69, 9.17) is 4.74 Å². The van der Waals surface area contributed by atoms with Crippen molar-refractivity contribution < 1.29 is 9.53 Å². The molecule has 1 aliphatic heterocycles. The minimum atomic E-state index is -0.0927. The van der Waals surface area contributed by atoms with Crippen LogP contribution in [0, 0.1) is 0 Å². The number of carbonyl (C=O) groups is 1. The van der Waals surface area contributed by atoms with E-state index in [2.05, 4.69) is 24.0 Å².